The van der Waals surface area contributed by atoms with Gasteiger partial charge < -0.3 is 15.1 Å². The fraction of sp³-hybridized carbons (Fsp3) is 0.381. The quantitative estimate of drug-likeness (QED) is 0.775. The summed E-state index contributed by atoms with van der Waals surface area (Å²) in [6.45, 7) is 4.52. The molecule has 1 saturated heterocycles. The number of carbonyl (C=O) groups is 1. The van der Waals surface area contributed by atoms with E-state index in [1.807, 2.05) is 12.1 Å². The number of nitrogens with zero attached hydrogens (tertiary/aromatic N) is 3. The molecule has 1 N–H and O–H groups in total. The van der Waals surface area contributed by atoms with Gasteiger partial charge in [0.05, 0.1) is 4.90 Å². The van der Waals surface area contributed by atoms with E-state index in [4.69, 9.17) is 0 Å². The van der Waals surface area contributed by atoms with Crippen LogP contribution in [0.1, 0.15) is 15.9 Å². The van der Waals surface area contributed by atoms with Gasteiger partial charge in [0.2, 0.25) is 10.0 Å². The Kier molecular flexibility index (Phi) is 6.56. The number of nitrogens with one attached hydrogen (secondary N) is 1. The summed E-state index contributed by atoms with van der Waals surface area (Å²) in [6, 6.07) is 14.3. The zero-order chi connectivity index (χ0) is 21.0. The van der Waals surface area contributed by atoms with Gasteiger partial charge in [-0.15, -0.1) is 0 Å². The van der Waals surface area contributed by atoms with Crippen LogP contribution >= 0.6 is 0 Å². The molecule has 2 aromatic rings. The second kappa shape index (κ2) is 8.94. The van der Waals surface area contributed by atoms with Crippen molar-refractivity contribution in [3.8, 4) is 0 Å². The summed E-state index contributed by atoms with van der Waals surface area (Å²) in [4.78, 5) is 17.3. The molecule has 1 heterocycles. The van der Waals surface area contributed by atoms with Gasteiger partial charge >= 0.3 is 0 Å². The van der Waals surface area contributed by atoms with Crippen molar-refractivity contribution in [1.29, 1.82) is 0 Å². The van der Waals surface area contributed by atoms with Crippen LogP contribution in [0.15, 0.2) is 53.4 Å². The molecular weight excluding hydrogens is 388 g/mol. The molecule has 8 heteroatoms. The molecular formula is C21H28N4O3S. The lowest BCUT2D eigenvalue weighted by molar-refractivity contribution is 0.0950. The average molecular weight is 417 g/mol. The topological polar surface area (TPSA) is 73.0 Å². The van der Waals surface area contributed by atoms with Crippen molar-refractivity contribution in [2.75, 3.05) is 52.2 Å². The number of likely N-dealkylation sites (N-methyl/N-ethyl adjacent to an activating group) is 1. The van der Waals surface area contributed by atoms with Crippen molar-refractivity contribution in [1.82, 2.24) is 14.5 Å². The number of carbonyl (C=O) groups excluding carboxylic acids is 1. The first-order chi connectivity index (χ1) is 13.8. The summed E-state index contributed by atoms with van der Waals surface area (Å²) in [5.74, 6) is -0.302. The van der Waals surface area contributed by atoms with Crippen molar-refractivity contribution in [2.24, 2.45) is 0 Å². The van der Waals surface area contributed by atoms with Crippen LogP contribution in [0.25, 0.3) is 0 Å². The van der Waals surface area contributed by atoms with Crippen molar-refractivity contribution >= 4 is 21.6 Å². The highest BCUT2D eigenvalue weighted by Crippen LogP contribution is 2.18. The predicted molar refractivity (Wildman–Crippen MR) is 115 cm³/mol. The molecule has 0 spiro atoms. The molecule has 0 bridgehead atoms. The molecule has 0 atom stereocenters. The number of hydrogen-bond donors (Lipinski definition) is 1. The smallest absolute Gasteiger partial charge is 0.251 e. The van der Waals surface area contributed by atoms with Gasteiger partial charge in [-0.3, -0.25) is 4.79 Å². The third-order valence-electron chi connectivity index (χ3n) is 5.13. The SMILES string of the molecule is CN1CCN(c2ccc(CNC(=O)c3cccc(S(=O)(=O)N(C)C)c3)cc2)CC1. The second-order valence-electron chi connectivity index (χ2n) is 7.45. The van der Waals surface area contributed by atoms with E-state index in [0.717, 1.165) is 36.0 Å². The van der Waals surface area contributed by atoms with Crippen LogP contribution in [0, 0.1) is 0 Å². The molecule has 0 radical (unpaired) electrons. The van der Waals surface area contributed by atoms with Gasteiger partial charge in [-0.1, -0.05) is 18.2 Å². The van der Waals surface area contributed by atoms with Gasteiger partial charge in [0.1, 0.15) is 0 Å². The first-order valence-electron chi connectivity index (χ1n) is 9.60. The Morgan fingerprint density at radius 2 is 1.69 bits per heavy atom. The molecule has 156 valence electrons. The van der Waals surface area contributed by atoms with Crippen LogP contribution in [-0.4, -0.2) is 70.9 Å². The van der Waals surface area contributed by atoms with Crippen LogP contribution in [0.2, 0.25) is 0 Å². The van der Waals surface area contributed by atoms with Gasteiger partial charge in [-0.25, -0.2) is 12.7 Å². The molecule has 3 rings (SSSR count). The summed E-state index contributed by atoms with van der Waals surface area (Å²) in [5, 5.41) is 2.86. The number of hydrogen-bond acceptors (Lipinski definition) is 5. The van der Waals surface area contributed by atoms with Crippen LogP contribution in [0.4, 0.5) is 5.69 Å². The van der Waals surface area contributed by atoms with Crippen molar-refractivity contribution in [3.63, 3.8) is 0 Å². The summed E-state index contributed by atoms with van der Waals surface area (Å²) in [7, 11) is 1.49. The largest absolute Gasteiger partial charge is 0.369 e. The maximum absolute atomic E-state index is 12.5. The monoisotopic (exact) mass is 416 g/mol. The highest BCUT2D eigenvalue weighted by Gasteiger charge is 2.19. The van der Waals surface area contributed by atoms with Crippen molar-refractivity contribution in [2.45, 2.75) is 11.4 Å². The summed E-state index contributed by atoms with van der Waals surface area (Å²) < 4.78 is 25.6. The fourth-order valence-electron chi connectivity index (χ4n) is 3.18. The van der Waals surface area contributed by atoms with Gasteiger partial charge in [0, 0.05) is 58.1 Å². The number of anilines is 1. The van der Waals surface area contributed by atoms with Gasteiger partial charge in [0.15, 0.2) is 0 Å². The first kappa shape index (κ1) is 21.3. The Bertz CT molecular complexity index is 950. The minimum Gasteiger partial charge on any atom is -0.369 e. The van der Waals surface area contributed by atoms with Crippen LogP contribution in [-0.2, 0) is 16.6 Å². The van der Waals surface area contributed by atoms with E-state index in [0.29, 0.717) is 12.1 Å². The number of amides is 1. The van der Waals surface area contributed by atoms with Crippen LogP contribution in [0.5, 0.6) is 0 Å². The molecule has 1 aliphatic rings. The summed E-state index contributed by atoms with van der Waals surface area (Å²) >= 11 is 0. The molecule has 0 unspecified atom stereocenters. The second-order valence-corrected chi connectivity index (χ2v) is 9.61. The Morgan fingerprint density at radius 3 is 2.31 bits per heavy atom. The third kappa shape index (κ3) is 5.14. The zero-order valence-electron chi connectivity index (χ0n) is 17.1. The predicted octanol–water partition coefficient (Wildman–Crippen LogP) is 1.62. The standard InChI is InChI=1S/C21H28N4O3S/c1-23(2)29(27,28)20-6-4-5-18(15-20)21(26)22-16-17-7-9-19(10-8-17)25-13-11-24(3)12-14-25/h4-10,15H,11-14,16H2,1-3H3,(H,22,26). The molecule has 0 aromatic heterocycles. The first-order valence-corrected chi connectivity index (χ1v) is 11.0. The lowest BCUT2D eigenvalue weighted by Gasteiger charge is -2.34. The van der Waals surface area contributed by atoms with Gasteiger partial charge in [-0.2, -0.15) is 0 Å². The summed E-state index contributed by atoms with van der Waals surface area (Å²) in [6.07, 6.45) is 0. The molecule has 7 nitrogen and oxygen atoms in total. The Labute approximate surface area is 173 Å². The maximum Gasteiger partial charge on any atom is 0.251 e. The lowest BCUT2D eigenvalue weighted by Crippen LogP contribution is -2.44. The fourth-order valence-corrected chi connectivity index (χ4v) is 4.13. The normalized spacial score (nSPS) is 15.5. The maximum atomic E-state index is 12.5. The third-order valence-corrected chi connectivity index (χ3v) is 6.94. The Hall–Kier alpha value is -2.42. The van der Waals surface area contributed by atoms with E-state index >= 15 is 0 Å². The molecule has 2 aromatic carbocycles. The molecule has 1 fully saturated rings. The number of piperazine rings is 1. The van der Waals surface area contributed by atoms with Gasteiger partial charge in [-0.05, 0) is 42.9 Å². The number of rotatable bonds is 6. The molecule has 1 amide bonds. The Balaban J connectivity index is 1.61. The highest BCUT2D eigenvalue weighted by atomic mass is 32.2. The Morgan fingerprint density at radius 1 is 1.03 bits per heavy atom. The van der Waals surface area contributed by atoms with E-state index in [9.17, 15) is 13.2 Å². The van der Waals surface area contributed by atoms with E-state index in [1.165, 1.54) is 31.9 Å². The van der Waals surface area contributed by atoms with E-state index < -0.39 is 10.0 Å². The number of sulfonamides is 1. The zero-order valence-corrected chi connectivity index (χ0v) is 17.9. The van der Waals surface area contributed by atoms with Gasteiger partial charge in [0.25, 0.3) is 5.91 Å². The molecule has 0 aliphatic carbocycles. The minimum absolute atomic E-state index is 0.103. The molecule has 29 heavy (non-hydrogen) atoms. The average Bonchev–Trinajstić information content (AvgIpc) is 2.73. The van der Waals surface area contributed by atoms with Crippen LogP contribution in [0.3, 0.4) is 0 Å². The van der Waals surface area contributed by atoms with E-state index in [-0.39, 0.29) is 10.8 Å². The van der Waals surface area contributed by atoms with Crippen LogP contribution < -0.4 is 10.2 Å². The van der Waals surface area contributed by atoms with E-state index in [1.54, 1.807) is 12.1 Å². The molecule has 0 saturated carbocycles. The van der Waals surface area contributed by atoms with Crippen molar-refractivity contribution < 1.29 is 13.2 Å². The van der Waals surface area contributed by atoms with E-state index in [2.05, 4.69) is 34.3 Å². The number of benzene rings is 2. The lowest BCUT2D eigenvalue weighted by atomic mass is 10.1. The summed E-state index contributed by atoms with van der Waals surface area (Å²) in [5.41, 5.74) is 2.50. The highest BCUT2D eigenvalue weighted by molar-refractivity contribution is 7.89. The minimum atomic E-state index is -3.57. The van der Waals surface area contributed by atoms with Crippen molar-refractivity contribution in [3.05, 3.63) is 59.7 Å². The molecule has 1 aliphatic heterocycles.